The van der Waals surface area contributed by atoms with Crippen molar-refractivity contribution in [1.82, 2.24) is 14.8 Å². The molecule has 15 heteroatoms. The molecule has 3 fully saturated rings. The van der Waals surface area contributed by atoms with Crippen molar-refractivity contribution in [2.75, 3.05) is 31.1 Å². The molecule has 2 atom stereocenters. The first-order valence-corrected chi connectivity index (χ1v) is 16.0. The van der Waals surface area contributed by atoms with Gasteiger partial charge >= 0.3 is 12.1 Å². The Morgan fingerprint density at radius 1 is 1.15 bits per heavy atom. The summed E-state index contributed by atoms with van der Waals surface area (Å²) < 4.78 is 81.9. The molecule has 1 saturated carbocycles. The Morgan fingerprint density at radius 3 is 2.37 bits per heavy atom. The average Bonchev–Trinajstić information content (AvgIpc) is 3.11. The standard InChI is InChI=1S/C31H42F5N5O4S/c1-28(2,3)45-25(42)17-39-12-10-19(30(32,33)18-39)11-13-44-22-8-6-20(7-9-22)41-27(46)40(26(43)29(41,4)5)21-14-23(31(34,35)36)24(15-37)38-16-21/h14,16,19-20,22,27,46H,6-13,17-18H2,1-5H3/t19-,20?,22?,27+/m1/s1. The van der Waals surface area contributed by atoms with E-state index in [4.69, 9.17) is 14.7 Å². The molecule has 0 N–H and O–H groups in total. The topological polar surface area (TPSA) is 99.0 Å². The van der Waals surface area contributed by atoms with Gasteiger partial charge in [-0.2, -0.15) is 18.4 Å². The van der Waals surface area contributed by atoms with Crippen molar-refractivity contribution in [3.8, 4) is 6.07 Å². The lowest BCUT2D eigenvalue weighted by molar-refractivity contribution is -0.161. The lowest BCUT2D eigenvalue weighted by Crippen LogP contribution is -2.52. The normalized spacial score (nSPS) is 27.4. The van der Waals surface area contributed by atoms with Crippen LogP contribution in [0.4, 0.5) is 27.6 Å². The van der Waals surface area contributed by atoms with Crippen molar-refractivity contribution in [2.24, 2.45) is 5.92 Å². The fourth-order valence-corrected chi connectivity index (χ4v) is 7.39. The highest BCUT2D eigenvalue weighted by Gasteiger charge is 2.54. The molecule has 1 aliphatic carbocycles. The molecule has 2 saturated heterocycles. The van der Waals surface area contributed by atoms with Crippen LogP contribution in [0.2, 0.25) is 0 Å². The number of nitrogens with zero attached hydrogens (tertiary/aromatic N) is 5. The first-order valence-electron chi connectivity index (χ1n) is 15.5. The summed E-state index contributed by atoms with van der Waals surface area (Å²) in [6, 6.07) is 2.07. The zero-order valence-electron chi connectivity index (χ0n) is 26.7. The Hall–Kier alpha value is -2.54. The van der Waals surface area contributed by atoms with Crippen LogP contribution in [0, 0.1) is 17.2 Å². The van der Waals surface area contributed by atoms with Gasteiger partial charge in [-0.3, -0.25) is 24.3 Å². The number of hydrogen-bond donors (Lipinski definition) is 1. The summed E-state index contributed by atoms with van der Waals surface area (Å²) in [6.45, 7) is 8.43. The third kappa shape index (κ3) is 8.11. The van der Waals surface area contributed by atoms with E-state index in [-0.39, 0.29) is 43.8 Å². The summed E-state index contributed by atoms with van der Waals surface area (Å²) in [6.07, 6.45) is -1.00. The summed E-state index contributed by atoms with van der Waals surface area (Å²) in [5.74, 6) is -4.79. The number of ether oxygens (including phenoxy) is 2. The number of nitriles is 1. The van der Waals surface area contributed by atoms with E-state index in [1.54, 1.807) is 34.6 Å². The molecule has 3 aliphatic rings. The molecule has 46 heavy (non-hydrogen) atoms. The molecule has 9 nitrogen and oxygen atoms in total. The van der Waals surface area contributed by atoms with Gasteiger partial charge in [0, 0.05) is 18.6 Å². The van der Waals surface area contributed by atoms with Crippen molar-refractivity contribution in [3.05, 3.63) is 23.5 Å². The molecule has 1 amide bonds. The first-order chi connectivity index (χ1) is 21.2. The molecule has 0 unspecified atom stereocenters. The SMILES string of the molecule is CC(C)(C)OC(=O)CN1CC[C@H](CCOC2CCC(N3[C@@H](S)N(c4cnc(C#N)c(C(F)(F)F)c4)C(=O)C3(C)C)CC2)C(F)(F)C1. The highest BCUT2D eigenvalue weighted by molar-refractivity contribution is 7.81. The lowest BCUT2D eigenvalue weighted by Gasteiger charge is -2.42. The summed E-state index contributed by atoms with van der Waals surface area (Å²) in [5.41, 5.74) is -4.74. The van der Waals surface area contributed by atoms with E-state index in [9.17, 15) is 31.5 Å². The van der Waals surface area contributed by atoms with Crippen LogP contribution < -0.4 is 4.90 Å². The number of carbonyl (C=O) groups excluding carboxylic acids is 2. The Morgan fingerprint density at radius 2 is 1.80 bits per heavy atom. The van der Waals surface area contributed by atoms with Crippen LogP contribution in [0.25, 0.3) is 0 Å². The molecule has 0 bridgehead atoms. The van der Waals surface area contributed by atoms with Gasteiger partial charge in [-0.1, -0.05) is 0 Å². The fraction of sp³-hybridized carbons (Fsp3) is 0.742. The maximum absolute atomic E-state index is 14.9. The van der Waals surface area contributed by atoms with E-state index in [0.29, 0.717) is 32.2 Å². The quantitative estimate of drug-likeness (QED) is 0.215. The number of aromatic nitrogens is 1. The number of pyridine rings is 1. The van der Waals surface area contributed by atoms with Gasteiger partial charge in [0.25, 0.3) is 5.92 Å². The van der Waals surface area contributed by atoms with Gasteiger partial charge in [-0.15, -0.1) is 12.6 Å². The van der Waals surface area contributed by atoms with Gasteiger partial charge in [0.05, 0.1) is 42.2 Å². The minimum atomic E-state index is -4.83. The summed E-state index contributed by atoms with van der Waals surface area (Å²) in [5, 5.41) is 9.09. The van der Waals surface area contributed by atoms with E-state index >= 15 is 0 Å². The van der Waals surface area contributed by atoms with Crippen LogP contribution in [0.3, 0.4) is 0 Å². The van der Waals surface area contributed by atoms with Crippen LogP contribution in [0.15, 0.2) is 12.3 Å². The van der Waals surface area contributed by atoms with Gasteiger partial charge in [0.15, 0.2) is 5.69 Å². The van der Waals surface area contributed by atoms with Crippen LogP contribution in [0.5, 0.6) is 0 Å². The zero-order valence-corrected chi connectivity index (χ0v) is 27.6. The van der Waals surface area contributed by atoms with Gasteiger partial charge in [-0.25, -0.2) is 13.8 Å². The number of esters is 1. The highest BCUT2D eigenvalue weighted by Crippen LogP contribution is 2.43. The van der Waals surface area contributed by atoms with Crippen molar-refractivity contribution >= 4 is 30.2 Å². The summed E-state index contributed by atoms with van der Waals surface area (Å²) >= 11 is 4.65. The molecular formula is C31H42F5N5O4S. The number of hydrogen-bond acceptors (Lipinski definition) is 9. The Kier molecular flexibility index (Phi) is 10.7. The highest BCUT2D eigenvalue weighted by atomic mass is 32.1. The minimum absolute atomic E-state index is 0.101. The van der Waals surface area contributed by atoms with Crippen molar-refractivity contribution in [1.29, 1.82) is 5.26 Å². The maximum atomic E-state index is 14.9. The number of thiol groups is 1. The predicted molar refractivity (Wildman–Crippen MR) is 162 cm³/mol. The number of halogens is 5. The van der Waals surface area contributed by atoms with E-state index in [1.807, 2.05) is 4.90 Å². The fourth-order valence-electron chi connectivity index (χ4n) is 6.68. The monoisotopic (exact) mass is 675 g/mol. The van der Waals surface area contributed by atoms with E-state index in [1.165, 1.54) is 15.9 Å². The van der Waals surface area contributed by atoms with Crippen molar-refractivity contribution in [2.45, 2.75) is 114 Å². The number of likely N-dealkylation sites (tertiary alicyclic amines) is 1. The van der Waals surface area contributed by atoms with E-state index in [2.05, 4.69) is 17.6 Å². The van der Waals surface area contributed by atoms with Crippen molar-refractivity contribution < 1.29 is 41.0 Å². The predicted octanol–water partition coefficient (Wildman–Crippen LogP) is 5.63. The van der Waals surface area contributed by atoms with Crippen LogP contribution in [0.1, 0.15) is 84.4 Å². The van der Waals surface area contributed by atoms with E-state index < -0.39 is 64.3 Å². The molecule has 0 spiro atoms. The van der Waals surface area contributed by atoms with Crippen LogP contribution >= 0.6 is 12.6 Å². The average molecular weight is 676 g/mol. The van der Waals surface area contributed by atoms with Crippen LogP contribution in [-0.4, -0.2) is 87.6 Å². The maximum Gasteiger partial charge on any atom is 0.419 e. The Bertz CT molecular complexity index is 1320. The molecular weight excluding hydrogens is 633 g/mol. The molecule has 2 aliphatic heterocycles. The molecule has 1 aromatic rings. The number of alkyl halides is 5. The third-order valence-electron chi connectivity index (χ3n) is 8.89. The van der Waals surface area contributed by atoms with Gasteiger partial charge in [-0.05, 0) is 85.8 Å². The second kappa shape index (κ2) is 13.5. The number of anilines is 1. The molecule has 0 aromatic carbocycles. The Balaban J connectivity index is 1.30. The van der Waals surface area contributed by atoms with E-state index in [0.717, 1.165) is 12.3 Å². The molecule has 4 rings (SSSR count). The number of rotatable bonds is 8. The van der Waals surface area contributed by atoms with Crippen molar-refractivity contribution in [3.63, 3.8) is 0 Å². The molecule has 1 aromatic heterocycles. The second-order valence-corrected chi connectivity index (χ2v) is 14.3. The minimum Gasteiger partial charge on any atom is -0.459 e. The summed E-state index contributed by atoms with van der Waals surface area (Å²) in [7, 11) is 0. The van der Waals surface area contributed by atoms with Gasteiger partial charge in [0.1, 0.15) is 17.2 Å². The first kappa shape index (κ1) is 36.3. The number of amides is 1. The van der Waals surface area contributed by atoms with Gasteiger partial charge in [0.2, 0.25) is 5.91 Å². The summed E-state index contributed by atoms with van der Waals surface area (Å²) in [4.78, 5) is 33.7. The second-order valence-electron chi connectivity index (χ2n) is 13.8. The number of piperidine rings is 1. The third-order valence-corrected chi connectivity index (χ3v) is 9.37. The molecule has 3 heterocycles. The zero-order chi connectivity index (χ0) is 34.2. The number of carbonyl (C=O) groups is 2. The molecule has 256 valence electrons. The van der Waals surface area contributed by atoms with Gasteiger partial charge < -0.3 is 9.47 Å². The van der Waals surface area contributed by atoms with Crippen LogP contribution in [-0.2, 0) is 25.2 Å². The Labute approximate surface area is 271 Å². The largest absolute Gasteiger partial charge is 0.459 e. The lowest BCUT2D eigenvalue weighted by atomic mass is 9.88. The smallest absolute Gasteiger partial charge is 0.419 e. The molecule has 0 radical (unpaired) electrons.